The van der Waals surface area contributed by atoms with Crippen molar-refractivity contribution in [3.05, 3.63) is 42.2 Å². The van der Waals surface area contributed by atoms with Crippen molar-refractivity contribution < 1.29 is 28.3 Å². The van der Waals surface area contributed by atoms with Gasteiger partial charge in [-0.2, -0.15) is 0 Å². The van der Waals surface area contributed by atoms with Crippen molar-refractivity contribution >= 4 is 23.3 Å². The van der Waals surface area contributed by atoms with E-state index in [2.05, 4.69) is 10.5 Å². The van der Waals surface area contributed by atoms with Gasteiger partial charge in [0.05, 0.1) is 38.7 Å². The zero-order valence-electron chi connectivity index (χ0n) is 16.7. The fraction of sp³-hybridized carbons (Fsp3) is 0.381. The van der Waals surface area contributed by atoms with Gasteiger partial charge < -0.3 is 24.1 Å². The highest BCUT2D eigenvalue weighted by Crippen LogP contribution is 2.52. The molecule has 1 aromatic heterocycles. The van der Waals surface area contributed by atoms with Gasteiger partial charge in [0, 0.05) is 30.0 Å². The highest BCUT2D eigenvalue weighted by atomic mass is 16.5. The summed E-state index contributed by atoms with van der Waals surface area (Å²) in [5.74, 6) is 0.364. The molecule has 2 saturated heterocycles. The Morgan fingerprint density at radius 3 is 2.60 bits per heavy atom. The minimum Gasteiger partial charge on any atom is -0.497 e. The van der Waals surface area contributed by atoms with E-state index in [1.54, 1.807) is 31.2 Å². The van der Waals surface area contributed by atoms with Crippen molar-refractivity contribution in [1.29, 1.82) is 0 Å². The third-order valence-corrected chi connectivity index (χ3v) is 5.91. The Bertz CT molecular complexity index is 1040. The van der Waals surface area contributed by atoms with Crippen molar-refractivity contribution in [2.75, 3.05) is 31.0 Å². The van der Waals surface area contributed by atoms with Crippen molar-refractivity contribution in [2.24, 2.45) is 11.8 Å². The SMILES string of the molecule is COc1cc(NC(=O)[C@H]2[C@@H]3C=C[C@@]4(CN(c5cc(C)on5)C(=O)[C@H]24)O3)cc(OC)c1. The van der Waals surface area contributed by atoms with Crippen LogP contribution in [0.3, 0.4) is 0 Å². The predicted molar refractivity (Wildman–Crippen MR) is 105 cm³/mol. The number of benzene rings is 1. The molecule has 2 bridgehead atoms. The topological polar surface area (TPSA) is 103 Å². The van der Waals surface area contributed by atoms with Crippen LogP contribution in [-0.4, -0.2) is 49.4 Å². The molecule has 1 spiro atoms. The first-order valence-electron chi connectivity index (χ1n) is 9.60. The lowest BCUT2D eigenvalue weighted by atomic mass is 9.77. The fourth-order valence-corrected chi connectivity index (χ4v) is 4.58. The Morgan fingerprint density at radius 2 is 1.97 bits per heavy atom. The lowest BCUT2D eigenvalue weighted by Gasteiger charge is -2.23. The van der Waals surface area contributed by atoms with Crippen LogP contribution >= 0.6 is 0 Å². The lowest BCUT2D eigenvalue weighted by Crippen LogP contribution is -2.41. The molecular weight excluding hydrogens is 390 g/mol. The summed E-state index contributed by atoms with van der Waals surface area (Å²) in [5.41, 5.74) is -0.311. The van der Waals surface area contributed by atoms with E-state index in [9.17, 15) is 9.59 Å². The molecule has 0 unspecified atom stereocenters. The van der Waals surface area contributed by atoms with Crippen LogP contribution in [0.2, 0.25) is 0 Å². The summed E-state index contributed by atoms with van der Waals surface area (Å²) in [6.07, 6.45) is 3.30. The average molecular weight is 411 g/mol. The molecule has 3 aliphatic rings. The van der Waals surface area contributed by atoms with Gasteiger partial charge in [0.2, 0.25) is 11.8 Å². The van der Waals surface area contributed by atoms with Gasteiger partial charge in [0.15, 0.2) is 5.82 Å². The number of anilines is 2. The van der Waals surface area contributed by atoms with Gasteiger partial charge in [-0.25, -0.2) is 0 Å². The number of ether oxygens (including phenoxy) is 3. The maximum atomic E-state index is 13.3. The standard InChI is InChI=1S/C21H21N3O6/c1-11-6-16(23-30-11)24-10-21-5-4-15(29-21)17(18(21)20(24)26)19(25)22-12-7-13(27-2)9-14(8-12)28-3/h4-9,15,17-18H,10H2,1-3H3,(H,22,25)/t15-,17-,18-,21-/m0/s1. The van der Waals surface area contributed by atoms with Crippen LogP contribution in [0.25, 0.3) is 0 Å². The number of rotatable bonds is 5. The summed E-state index contributed by atoms with van der Waals surface area (Å²) in [6, 6.07) is 6.80. The third-order valence-electron chi connectivity index (χ3n) is 5.91. The number of nitrogens with zero attached hydrogens (tertiary/aromatic N) is 2. The van der Waals surface area contributed by atoms with E-state index in [-0.39, 0.29) is 11.8 Å². The molecule has 2 fully saturated rings. The van der Waals surface area contributed by atoms with Gasteiger partial charge in [-0.1, -0.05) is 17.3 Å². The van der Waals surface area contributed by atoms with E-state index in [1.807, 2.05) is 12.2 Å². The summed E-state index contributed by atoms with van der Waals surface area (Å²) in [4.78, 5) is 28.0. The minimum atomic E-state index is -0.831. The molecule has 9 nitrogen and oxygen atoms in total. The van der Waals surface area contributed by atoms with E-state index in [4.69, 9.17) is 18.7 Å². The van der Waals surface area contributed by atoms with Crippen LogP contribution in [0.1, 0.15) is 5.76 Å². The molecule has 4 atom stereocenters. The van der Waals surface area contributed by atoms with Gasteiger partial charge in [0.25, 0.3) is 0 Å². The van der Waals surface area contributed by atoms with Gasteiger partial charge >= 0.3 is 0 Å². The summed E-state index contributed by atoms with van der Waals surface area (Å²) in [7, 11) is 3.08. The number of methoxy groups -OCH3 is 2. The zero-order chi connectivity index (χ0) is 21.0. The molecule has 2 aromatic rings. The molecule has 2 amide bonds. The molecule has 9 heteroatoms. The molecule has 0 aliphatic carbocycles. The van der Waals surface area contributed by atoms with Crippen molar-refractivity contribution in [3.63, 3.8) is 0 Å². The zero-order valence-corrected chi connectivity index (χ0v) is 16.7. The number of carbonyl (C=O) groups excluding carboxylic acids is 2. The number of aromatic nitrogens is 1. The molecule has 0 radical (unpaired) electrons. The van der Waals surface area contributed by atoms with Crippen LogP contribution in [-0.2, 0) is 14.3 Å². The first-order chi connectivity index (χ1) is 14.4. The largest absolute Gasteiger partial charge is 0.497 e. The molecule has 0 saturated carbocycles. The predicted octanol–water partition coefficient (Wildman–Crippen LogP) is 1.93. The number of fused-ring (bicyclic) bond motifs is 1. The molecule has 3 aliphatic heterocycles. The second kappa shape index (κ2) is 6.60. The van der Waals surface area contributed by atoms with Crippen LogP contribution in [0.5, 0.6) is 11.5 Å². The van der Waals surface area contributed by atoms with E-state index in [0.717, 1.165) is 0 Å². The Hall–Kier alpha value is -3.33. The van der Waals surface area contributed by atoms with Crippen molar-refractivity contribution in [1.82, 2.24) is 5.16 Å². The van der Waals surface area contributed by atoms with E-state index >= 15 is 0 Å². The van der Waals surface area contributed by atoms with Crippen LogP contribution < -0.4 is 19.7 Å². The highest BCUT2D eigenvalue weighted by Gasteiger charge is 2.67. The second-order valence-electron chi connectivity index (χ2n) is 7.71. The fourth-order valence-electron chi connectivity index (χ4n) is 4.58. The quantitative estimate of drug-likeness (QED) is 0.750. The second-order valence-corrected chi connectivity index (χ2v) is 7.71. The Kier molecular flexibility index (Phi) is 4.11. The van der Waals surface area contributed by atoms with Gasteiger partial charge in [-0.3, -0.25) is 14.5 Å². The minimum absolute atomic E-state index is 0.196. The van der Waals surface area contributed by atoms with Gasteiger partial charge in [-0.15, -0.1) is 0 Å². The number of hydrogen-bond donors (Lipinski definition) is 1. The number of amides is 2. The highest BCUT2D eigenvalue weighted by molar-refractivity contribution is 6.05. The van der Waals surface area contributed by atoms with Gasteiger partial charge in [0.1, 0.15) is 22.9 Å². The van der Waals surface area contributed by atoms with Crippen molar-refractivity contribution in [3.8, 4) is 11.5 Å². The maximum Gasteiger partial charge on any atom is 0.235 e. The van der Waals surface area contributed by atoms with E-state index in [1.165, 1.54) is 19.1 Å². The van der Waals surface area contributed by atoms with Crippen LogP contribution in [0.4, 0.5) is 11.5 Å². The monoisotopic (exact) mass is 411 g/mol. The number of nitrogens with one attached hydrogen (secondary N) is 1. The number of aryl methyl sites for hydroxylation is 1. The van der Waals surface area contributed by atoms with Crippen LogP contribution in [0, 0.1) is 18.8 Å². The summed E-state index contributed by atoms with van der Waals surface area (Å²) < 4.78 is 21.8. The number of carbonyl (C=O) groups is 2. The smallest absolute Gasteiger partial charge is 0.235 e. The molecule has 156 valence electrons. The summed E-state index contributed by atoms with van der Waals surface area (Å²) in [6.45, 7) is 2.06. The Labute approximate surface area is 172 Å². The molecule has 30 heavy (non-hydrogen) atoms. The first kappa shape index (κ1) is 18.7. The lowest BCUT2D eigenvalue weighted by molar-refractivity contribution is -0.128. The van der Waals surface area contributed by atoms with Crippen molar-refractivity contribution in [2.45, 2.75) is 18.6 Å². The maximum absolute atomic E-state index is 13.3. The normalized spacial score (nSPS) is 28.7. The summed E-state index contributed by atoms with van der Waals surface area (Å²) >= 11 is 0. The summed E-state index contributed by atoms with van der Waals surface area (Å²) in [5, 5.41) is 6.84. The van der Waals surface area contributed by atoms with E-state index in [0.29, 0.717) is 35.3 Å². The molecule has 4 heterocycles. The van der Waals surface area contributed by atoms with Gasteiger partial charge in [-0.05, 0) is 6.92 Å². The average Bonchev–Trinajstić information content (AvgIpc) is 3.48. The molecule has 5 rings (SSSR count). The van der Waals surface area contributed by atoms with Crippen LogP contribution in [0.15, 0.2) is 40.9 Å². The molecular formula is C21H21N3O6. The third kappa shape index (κ3) is 2.69. The Balaban J connectivity index is 1.42. The number of hydrogen-bond acceptors (Lipinski definition) is 7. The molecule has 1 N–H and O–H groups in total. The van der Waals surface area contributed by atoms with E-state index < -0.39 is 23.5 Å². The first-order valence-corrected chi connectivity index (χ1v) is 9.60. The Morgan fingerprint density at radius 1 is 1.23 bits per heavy atom. The molecule has 1 aromatic carbocycles.